The fourth-order valence-electron chi connectivity index (χ4n) is 2.61. The second-order valence-corrected chi connectivity index (χ2v) is 9.59. The zero-order valence-corrected chi connectivity index (χ0v) is 20.0. The molecule has 0 saturated carbocycles. The number of hydrogen-bond donors (Lipinski definition) is 2. The van der Waals surface area contributed by atoms with Crippen molar-refractivity contribution in [1.29, 1.82) is 0 Å². The summed E-state index contributed by atoms with van der Waals surface area (Å²) >= 11 is 8.79. The second kappa shape index (κ2) is 10.3. The Kier molecular flexibility index (Phi) is 7.69. The molecule has 2 heterocycles. The van der Waals surface area contributed by atoms with Crippen LogP contribution in [-0.2, 0) is 23.1 Å². The van der Waals surface area contributed by atoms with Gasteiger partial charge >= 0.3 is 0 Å². The smallest absolute Gasteiger partial charge is 0.239 e. The molecule has 0 fully saturated rings. The molecule has 8 nitrogen and oxygen atoms in total. The lowest BCUT2D eigenvalue weighted by atomic mass is 10.2. The van der Waals surface area contributed by atoms with Gasteiger partial charge < -0.3 is 15.2 Å². The fraction of sp³-hybridized carbons (Fsp3) is 0.350. The molecule has 2 aromatic heterocycles. The number of aryl methyl sites for hydroxylation is 3. The van der Waals surface area contributed by atoms with E-state index in [0.717, 1.165) is 11.3 Å². The van der Waals surface area contributed by atoms with Gasteiger partial charge in [-0.05, 0) is 38.5 Å². The lowest BCUT2D eigenvalue weighted by Gasteiger charge is -2.10. The van der Waals surface area contributed by atoms with E-state index in [0.29, 0.717) is 33.2 Å². The number of benzene rings is 1. The highest BCUT2D eigenvalue weighted by Gasteiger charge is 2.20. The Morgan fingerprint density at radius 2 is 2.03 bits per heavy atom. The maximum Gasteiger partial charge on any atom is 0.239 e. The van der Waals surface area contributed by atoms with Gasteiger partial charge in [0.05, 0.1) is 10.9 Å². The van der Waals surface area contributed by atoms with Gasteiger partial charge in [0.1, 0.15) is 5.82 Å². The van der Waals surface area contributed by atoms with Crippen LogP contribution in [0.15, 0.2) is 28.7 Å². The maximum atomic E-state index is 12.4. The van der Waals surface area contributed by atoms with E-state index in [1.54, 1.807) is 17.6 Å². The number of aromatic nitrogens is 4. The van der Waals surface area contributed by atoms with Crippen LogP contribution in [0, 0.1) is 13.8 Å². The van der Waals surface area contributed by atoms with E-state index < -0.39 is 0 Å². The first-order valence-corrected chi connectivity index (χ1v) is 11.7. The highest BCUT2D eigenvalue weighted by Crippen LogP contribution is 2.24. The van der Waals surface area contributed by atoms with E-state index in [1.807, 2.05) is 38.4 Å². The monoisotopic (exact) mass is 478 g/mol. The number of rotatable bonds is 8. The number of carbonyl (C=O) groups excluding carboxylic acids is 2. The number of nitrogens with zero attached hydrogens (tertiary/aromatic N) is 4. The number of carbonyl (C=O) groups is 2. The van der Waals surface area contributed by atoms with Gasteiger partial charge in [-0.3, -0.25) is 9.59 Å². The Morgan fingerprint density at radius 3 is 2.71 bits per heavy atom. The topological polar surface area (TPSA) is 102 Å². The predicted molar refractivity (Wildman–Crippen MR) is 125 cm³/mol. The molecule has 0 aliphatic carbocycles. The molecule has 164 valence electrons. The zero-order chi connectivity index (χ0) is 22.5. The largest absolute Gasteiger partial charge is 0.326 e. The molecule has 1 aromatic carbocycles. The highest BCUT2D eigenvalue weighted by atomic mass is 35.5. The number of amides is 2. The van der Waals surface area contributed by atoms with Gasteiger partial charge in [-0.1, -0.05) is 29.4 Å². The number of halogens is 1. The van der Waals surface area contributed by atoms with E-state index in [2.05, 4.69) is 25.8 Å². The first-order chi connectivity index (χ1) is 14.7. The average molecular weight is 479 g/mol. The normalized spacial score (nSPS) is 11.9. The molecule has 3 aromatic rings. The molecule has 0 spiro atoms. The summed E-state index contributed by atoms with van der Waals surface area (Å²) in [6, 6.07) is 5.40. The van der Waals surface area contributed by atoms with E-state index in [1.165, 1.54) is 23.1 Å². The van der Waals surface area contributed by atoms with E-state index in [-0.39, 0.29) is 23.5 Å². The summed E-state index contributed by atoms with van der Waals surface area (Å²) < 4.78 is 1.80. The summed E-state index contributed by atoms with van der Waals surface area (Å²) in [5.41, 5.74) is 2.48. The van der Waals surface area contributed by atoms with E-state index in [9.17, 15) is 9.59 Å². The Balaban J connectivity index is 1.52. The number of nitrogens with one attached hydrogen (secondary N) is 2. The number of thiazole rings is 1. The van der Waals surface area contributed by atoms with Crippen molar-refractivity contribution < 1.29 is 9.59 Å². The van der Waals surface area contributed by atoms with Crippen molar-refractivity contribution >= 4 is 57.3 Å². The van der Waals surface area contributed by atoms with Crippen LogP contribution in [0.4, 0.5) is 10.8 Å². The van der Waals surface area contributed by atoms with Crippen molar-refractivity contribution in [3.05, 3.63) is 45.7 Å². The number of anilines is 2. The van der Waals surface area contributed by atoms with Crippen molar-refractivity contribution in [3.63, 3.8) is 0 Å². The maximum absolute atomic E-state index is 12.4. The van der Waals surface area contributed by atoms with Crippen LogP contribution in [0.3, 0.4) is 0 Å². The third kappa shape index (κ3) is 6.28. The third-order valence-electron chi connectivity index (χ3n) is 4.46. The van der Waals surface area contributed by atoms with E-state index >= 15 is 0 Å². The van der Waals surface area contributed by atoms with Crippen molar-refractivity contribution in [2.75, 3.05) is 10.6 Å². The summed E-state index contributed by atoms with van der Waals surface area (Å²) in [6.07, 6.45) is 0.677. The minimum absolute atomic E-state index is 0.136. The molecule has 0 radical (unpaired) electrons. The van der Waals surface area contributed by atoms with Gasteiger partial charge in [0.15, 0.2) is 10.3 Å². The zero-order valence-electron chi connectivity index (χ0n) is 17.6. The average Bonchev–Trinajstić information content (AvgIpc) is 3.28. The minimum atomic E-state index is -0.380. The lowest BCUT2D eigenvalue weighted by molar-refractivity contribution is -0.116. The van der Waals surface area contributed by atoms with Crippen LogP contribution in [0.1, 0.15) is 30.4 Å². The SMILES string of the molecule is Cc1csc(NC(=O)[C@H](C)Sc2nnc(CCC(=O)Nc3ccc(C)c(Cl)c3)n2C)n1. The van der Waals surface area contributed by atoms with Crippen LogP contribution in [0.2, 0.25) is 5.02 Å². The van der Waals surface area contributed by atoms with Crippen LogP contribution < -0.4 is 10.6 Å². The Hall–Kier alpha value is -2.43. The van der Waals surface area contributed by atoms with Crippen LogP contribution in [0.5, 0.6) is 0 Å². The molecule has 3 rings (SSSR count). The molecule has 2 amide bonds. The Bertz CT molecular complexity index is 1100. The van der Waals surface area contributed by atoms with Gasteiger partial charge in [-0.2, -0.15) is 0 Å². The van der Waals surface area contributed by atoms with Gasteiger partial charge in [-0.15, -0.1) is 21.5 Å². The number of hydrogen-bond acceptors (Lipinski definition) is 7. The summed E-state index contributed by atoms with van der Waals surface area (Å²) in [5.74, 6) is 0.381. The summed E-state index contributed by atoms with van der Waals surface area (Å²) in [7, 11) is 1.82. The molecule has 0 unspecified atom stereocenters. The van der Waals surface area contributed by atoms with E-state index in [4.69, 9.17) is 11.6 Å². The summed E-state index contributed by atoms with van der Waals surface area (Å²) in [6.45, 7) is 5.58. The van der Waals surface area contributed by atoms with Crippen molar-refractivity contribution in [2.45, 2.75) is 44.0 Å². The molecule has 1 atom stereocenters. The quantitative estimate of drug-likeness (QED) is 0.470. The molecular formula is C20H23ClN6O2S2. The molecule has 11 heteroatoms. The molecular weight excluding hydrogens is 456 g/mol. The second-order valence-electron chi connectivity index (χ2n) is 7.01. The van der Waals surface area contributed by atoms with Gasteiger partial charge in [-0.25, -0.2) is 4.98 Å². The molecule has 0 aliphatic rings. The third-order valence-corrected chi connectivity index (χ3v) is 6.87. The molecule has 0 saturated heterocycles. The van der Waals surface area contributed by atoms with Crippen LogP contribution >= 0.6 is 34.7 Å². The number of thioether (sulfide) groups is 1. The molecule has 2 N–H and O–H groups in total. The van der Waals surface area contributed by atoms with Crippen molar-refractivity contribution in [2.24, 2.45) is 7.05 Å². The summed E-state index contributed by atoms with van der Waals surface area (Å²) in [5, 5.41) is 17.3. The van der Waals surface area contributed by atoms with Crippen LogP contribution in [0.25, 0.3) is 0 Å². The molecule has 31 heavy (non-hydrogen) atoms. The Morgan fingerprint density at radius 1 is 1.26 bits per heavy atom. The first kappa shape index (κ1) is 23.2. The summed E-state index contributed by atoms with van der Waals surface area (Å²) in [4.78, 5) is 28.9. The standard InChI is InChI=1S/C20H23ClN6O2S2/c1-11-5-6-14(9-15(11)21)23-17(28)8-7-16-25-26-20(27(16)4)31-13(3)18(29)24-19-22-12(2)10-30-19/h5-6,9-10,13H,7-8H2,1-4H3,(H,23,28)(H,22,24,29)/t13-/m0/s1. The molecule has 0 aliphatic heterocycles. The minimum Gasteiger partial charge on any atom is -0.326 e. The highest BCUT2D eigenvalue weighted by molar-refractivity contribution is 8.00. The van der Waals surface area contributed by atoms with Gasteiger partial charge in [0, 0.05) is 36.0 Å². The first-order valence-electron chi connectivity index (χ1n) is 9.57. The Labute approximate surface area is 193 Å². The van der Waals surface area contributed by atoms with Crippen LogP contribution in [-0.4, -0.2) is 36.8 Å². The van der Waals surface area contributed by atoms with Crippen molar-refractivity contribution in [1.82, 2.24) is 19.7 Å². The van der Waals surface area contributed by atoms with Crippen molar-refractivity contribution in [3.8, 4) is 0 Å². The van der Waals surface area contributed by atoms with Gasteiger partial charge in [0.2, 0.25) is 11.8 Å². The molecule has 0 bridgehead atoms. The fourth-order valence-corrected chi connectivity index (χ4v) is 4.32. The lowest BCUT2D eigenvalue weighted by Crippen LogP contribution is -2.22. The predicted octanol–water partition coefficient (Wildman–Crippen LogP) is 4.23. The van der Waals surface area contributed by atoms with Gasteiger partial charge in [0.25, 0.3) is 0 Å².